The minimum Gasteiger partial charge on any atom is -0.497 e. The Labute approximate surface area is 159 Å². The molecular weight excluding hydrogens is 346 g/mol. The molecule has 1 heterocycles. The molecule has 0 spiro atoms. The Balaban J connectivity index is 1.68. The molecule has 0 bridgehead atoms. The number of nitrogens with one attached hydrogen (secondary N) is 1. The van der Waals surface area contributed by atoms with Crippen LogP contribution in [0.2, 0.25) is 0 Å². The zero-order valence-electron chi connectivity index (χ0n) is 15.7. The van der Waals surface area contributed by atoms with E-state index in [0.29, 0.717) is 5.75 Å². The summed E-state index contributed by atoms with van der Waals surface area (Å²) < 4.78 is 11.4. The lowest BCUT2D eigenvalue weighted by molar-refractivity contribution is -0.119. The number of methoxy groups -OCH3 is 1. The van der Waals surface area contributed by atoms with Crippen molar-refractivity contribution >= 4 is 17.7 Å². The zero-order valence-corrected chi connectivity index (χ0v) is 16.5. The van der Waals surface area contributed by atoms with E-state index in [-0.39, 0.29) is 17.6 Å². The number of amides is 1. The first-order valence-electron chi connectivity index (χ1n) is 8.72. The largest absolute Gasteiger partial charge is 0.497 e. The van der Waals surface area contributed by atoms with Crippen molar-refractivity contribution in [2.75, 3.05) is 12.9 Å². The van der Waals surface area contributed by atoms with Crippen molar-refractivity contribution in [3.8, 4) is 11.5 Å². The van der Waals surface area contributed by atoms with Gasteiger partial charge in [0.25, 0.3) is 0 Å². The van der Waals surface area contributed by atoms with E-state index >= 15 is 0 Å². The van der Waals surface area contributed by atoms with Gasteiger partial charge in [0.1, 0.15) is 17.1 Å². The maximum absolute atomic E-state index is 12.5. The van der Waals surface area contributed by atoms with Crippen molar-refractivity contribution in [2.45, 2.75) is 43.7 Å². The minimum atomic E-state index is -0.346. The summed E-state index contributed by atoms with van der Waals surface area (Å²) in [6, 6.07) is 13.9. The summed E-state index contributed by atoms with van der Waals surface area (Å²) in [6.45, 7) is 6.13. The van der Waals surface area contributed by atoms with Gasteiger partial charge in [-0.3, -0.25) is 4.79 Å². The predicted molar refractivity (Wildman–Crippen MR) is 105 cm³/mol. The van der Waals surface area contributed by atoms with Crippen molar-refractivity contribution in [2.24, 2.45) is 0 Å². The molecule has 0 saturated heterocycles. The SMILES string of the molecule is COc1ccc2c(c1)OC(C)(C)C[C@@H]2NC(=O)CSc1ccc(C)cc1. The average molecular weight is 372 g/mol. The Bertz CT molecular complexity index is 786. The van der Waals surface area contributed by atoms with Gasteiger partial charge in [-0.1, -0.05) is 17.7 Å². The van der Waals surface area contributed by atoms with E-state index in [0.717, 1.165) is 28.4 Å². The molecule has 0 saturated carbocycles. The first-order chi connectivity index (χ1) is 12.4. The van der Waals surface area contributed by atoms with Gasteiger partial charge in [0.15, 0.2) is 0 Å². The van der Waals surface area contributed by atoms with Gasteiger partial charge in [0, 0.05) is 22.9 Å². The van der Waals surface area contributed by atoms with Crippen LogP contribution in [0, 0.1) is 6.92 Å². The van der Waals surface area contributed by atoms with Crippen LogP contribution in [0.1, 0.15) is 37.4 Å². The molecule has 1 aliphatic rings. The van der Waals surface area contributed by atoms with Crippen molar-refractivity contribution in [3.63, 3.8) is 0 Å². The molecule has 0 unspecified atom stereocenters. The maximum atomic E-state index is 12.5. The standard InChI is InChI=1S/C21H25NO3S/c1-14-5-8-16(9-6-14)26-13-20(23)22-18-12-21(2,3)25-19-11-15(24-4)7-10-17(18)19/h5-11,18H,12-13H2,1-4H3,(H,22,23)/t18-/m0/s1. The van der Waals surface area contributed by atoms with E-state index in [2.05, 4.69) is 24.4 Å². The quantitative estimate of drug-likeness (QED) is 0.786. The van der Waals surface area contributed by atoms with Gasteiger partial charge in [0.05, 0.1) is 18.9 Å². The number of hydrogen-bond donors (Lipinski definition) is 1. The first kappa shape index (κ1) is 18.6. The number of benzene rings is 2. The van der Waals surface area contributed by atoms with Gasteiger partial charge >= 0.3 is 0 Å². The van der Waals surface area contributed by atoms with Crippen molar-refractivity contribution in [1.82, 2.24) is 5.32 Å². The Hall–Kier alpha value is -2.14. The van der Waals surface area contributed by atoms with Gasteiger partial charge in [0.2, 0.25) is 5.91 Å². The molecule has 2 aromatic rings. The fraction of sp³-hybridized carbons (Fsp3) is 0.381. The average Bonchev–Trinajstić information content (AvgIpc) is 2.59. The van der Waals surface area contributed by atoms with E-state index in [1.165, 1.54) is 5.56 Å². The summed E-state index contributed by atoms with van der Waals surface area (Å²) in [4.78, 5) is 13.6. The lowest BCUT2D eigenvalue weighted by atomic mass is 9.89. The van der Waals surface area contributed by atoms with Gasteiger partial charge in [-0.25, -0.2) is 0 Å². The molecule has 1 atom stereocenters. The second-order valence-electron chi connectivity index (χ2n) is 7.19. The van der Waals surface area contributed by atoms with Gasteiger partial charge in [-0.15, -0.1) is 11.8 Å². The highest BCUT2D eigenvalue weighted by Crippen LogP contribution is 2.41. The third-order valence-corrected chi connectivity index (χ3v) is 5.42. The topological polar surface area (TPSA) is 47.6 Å². The fourth-order valence-corrected chi connectivity index (χ4v) is 3.82. The van der Waals surface area contributed by atoms with Crippen LogP contribution >= 0.6 is 11.8 Å². The van der Waals surface area contributed by atoms with Crippen LogP contribution in [0.15, 0.2) is 47.4 Å². The minimum absolute atomic E-state index is 0.0278. The molecule has 3 rings (SSSR count). The first-order valence-corrected chi connectivity index (χ1v) is 9.71. The van der Waals surface area contributed by atoms with Crippen LogP contribution in [-0.2, 0) is 4.79 Å². The Morgan fingerprint density at radius 2 is 2.00 bits per heavy atom. The molecule has 26 heavy (non-hydrogen) atoms. The highest BCUT2D eigenvalue weighted by molar-refractivity contribution is 8.00. The summed E-state index contributed by atoms with van der Waals surface area (Å²) in [7, 11) is 1.64. The second-order valence-corrected chi connectivity index (χ2v) is 8.24. The number of thioether (sulfide) groups is 1. The van der Waals surface area contributed by atoms with Crippen molar-refractivity contribution in [1.29, 1.82) is 0 Å². The maximum Gasteiger partial charge on any atom is 0.230 e. The van der Waals surface area contributed by atoms with Crippen LogP contribution in [0.4, 0.5) is 0 Å². The molecule has 5 heteroatoms. The van der Waals surface area contributed by atoms with Gasteiger partial charge < -0.3 is 14.8 Å². The molecule has 1 N–H and O–H groups in total. The molecule has 4 nitrogen and oxygen atoms in total. The van der Waals surface area contributed by atoms with E-state index < -0.39 is 0 Å². The van der Waals surface area contributed by atoms with Crippen molar-refractivity contribution < 1.29 is 14.3 Å². The van der Waals surface area contributed by atoms with Gasteiger partial charge in [-0.05, 0) is 45.0 Å². The molecule has 0 radical (unpaired) electrons. The van der Waals surface area contributed by atoms with Crippen LogP contribution in [0.5, 0.6) is 11.5 Å². The van der Waals surface area contributed by atoms with E-state index in [1.54, 1.807) is 18.9 Å². The molecule has 1 amide bonds. The van der Waals surface area contributed by atoms with Gasteiger partial charge in [-0.2, -0.15) is 0 Å². The molecule has 1 aliphatic heterocycles. The molecule has 2 aromatic carbocycles. The number of fused-ring (bicyclic) bond motifs is 1. The molecular formula is C21H25NO3S. The van der Waals surface area contributed by atoms with Crippen LogP contribution in [0.25, 0.3) is 0 Å². The summed E-state index contributed by atoms with van der Waals surface area (Å²) >= 11 is 1.55. The normalized spacial score (nSPS) is 17.8. The molecule has 0 aromatic heterocycles. The van der Waals surface area contributed by atoms with E-state index in [1.807, 2.05) is 44.2 Å². The van der Waals surface area contributed by atoms with Crippen LogP contribution < -0.4 is 14.8 Å². The smallest absolute Gasteiger partial charge is 0.230 e. The zero-order chi connectivity index (χ0) is 18.7. The number of carbonyl (C=O) groups is 1. The van der Waals surface area contributed by atoms with Crippen molar-refractivity contribution in [3.05, 3.63) is 53.6 Å². The number of rotatable bonds is 5. The summed E-state index contributed by atoms with van der Waals surface area (Å²) in [5.74, 6) is 1.95. The third kappa shape index (κ3) is 4.52. The monoisotopic (exact) mass is 371 g/mol. The van der Waals surface area contributed by atoms with Crippen LogP contribution in [-0.4, -0.2) is 24.4 Å². The Morgan fingerprint density at radius 1 is 1.27 bits per heavy atom. The third-order valence-electron chi connectivity index (χ3n) is 4.40. The fourth-order valence-electron chi connectivity index (χ4n) is 3.11. The Morgan fingerprint density at radius 3 is 2.69 bits per heavy atom. The summed E-state index contributed by atoms with van der Waals surface area (Å²) in [5, 5.41) is 3.17. The summed E-state index contributed by atoms with van der Waals surface area (Å²) in [5.41, 5.74) is 1.87. The highest BCUT2D eigenvalue weighted by Gasteiger charge is 2.34. The lowest BCUT2D eigenvalue weighted by Crippen LogP contribution is -2.41. The molecule has 138 valence electrons. The number of ether oxygens (including phenoxy) is 2. The lowest BCUT2D eigenvalue weighted by Gasteiger charge is -2.38. The molecule has 0 fully saturated rings. The molecule has 0 aliphatic carbocycles. The van der Waals surface area contributed by atoms with Crippen LogP contribution in [0.3, 0.4) is 0 Å². The number of aryl methyl sites for hydroxylation is 1. The number of hydrogen-bond acceptors (Lipinski definition) is 4. The predicted octanol–water partition coefficient (Wildman–Crippen LogP) is 4.51. The Kier molecular flexibility index (Phi) is 5.47. The second kappa shape index (κ2) is 7.62. The van der Waals surface area contributed by atoms with E-state index in [4.69, 9.17) is 9.47 Å². The summed E-state index contributed by atoms with van der Waals surface area (Å²) in [6.07, 6.45) is 0.729. The van der Waals surface area contributed by atoms with E-state index in [9.17, 15) is 4.79 Å². The highest BCUT2D eigenvalue weighted by atomic mass is 32.2. The number of carbonyl (C=O) groups excluding carboxylic acids is 1.